The van der Waals surface area contributed by atoms with E-state index in [9.17, 15) is 44.3 Å². The number of rotatable bonds is 8. The second-order valence-corrected chi connectivity index (χ2v) is 12.1. The molecule has 5 N–H and O–H groups in total. The van der Waals surface area contributed by atoms with Crippen LogP contribution in [-0.4, -0.2) is 46.5 Å². The molecule has 4 rings (SSSR count). The maximum absolute atomic E-state index is 13.2. The van der Waals surface area contributed by atoms with Crippen molar-refractivity contribution in [3.05, 3.63) is 83.4 Å². The van der Waals surface area contributed by atoms with Crippen LogP contribution in [0.1, 0.15) is 26.3 Å². The van der Waals surface area contributed by atoms with Gasteiger partial charge in [-0.1, -0.05) is 12.1 Å². The second-order valence-electron chi connectivity index (χ2n) is 8.74. The van der Waals surface area contributed by atoms with Crippen molar-refractivity contribution in [2.45, 2.75) is 16.7 Å². The predicted octanol–water partition coefficient (Wildman–Crippen LogP) is -3.43. The SMILES string of the molecule is Cc1ccc(C(=O)Nc2ccc(OS(=O)[O-])c3cc(S(=O)(=O)O)cc(S(=O)(=O)[O-])c23)cc1NC(=O)c1cccc(N)c1.[Na+].[Na+]. The molecule has 0 bridgehead atoms. The summed E-state index contributed by atoms with van der Waals surface area (Å²) < 4.78 is 96.4. The molecule has 0 aliphatic rings. The van der Waals surface area contributed by atoms with E-state index in [0.29, 0.717) is 23.4 Å². The van der Waals surface area contributed by atoms with Crippen LogP contribution in [0.5, 0.6) is 5.75 Å². The first kappa shape index (κ1) is 37.8. The molecule has 0 heterocycles. The van der Waals surface area contributed by atoms with Crippen molar-refractivity contribution in [3.8, 4) is 5.75 Å². The van der Waals surface area contributed by atoms with Crippen molar-refractivity contribution in [1.82, 2.24) is 0 Å². The molecule has 220 valence electrons. The van der Waals surface area contributed by atoms with E-state index in [1.807, 2.05) is 0 Å². The molecular formula is C25H19N3Na2O11S3. The Morgan fingerprint density at radius 2 is 1.50 bits per heavy atom. The van der Waals surface area contributed by atoms with Gasteiger partial charge in [0, 0.05) is 33.3 Å². The first-order chi connectivity index (χ1) is 19.5. The normalized spacial score (nSPS) is 11.9. The number of anilines is 3. The van der Waals surface area contributed by atoms with Gasteiger partial charge in [0.1, 0.15) is 27.2 Å². The van der Waals surface area contributed by atoms with Gasteiger partial charge in [-0.2, -0.15) is 8.42 Å². The summed E-state index contributed by atoms with van der Waals surface area (Å²) in [7, 11) is -10.6. The predicted molar refractivity (Wildman–Crippen MR) is 149 cm³/mol. The monoisotopic (exact) mass is 679 g/mol. The van der Waals surface area contributed by atoms with Crippen LogP contribution >= 0.6 is 0 Å². The number of benzene rings is 4. The summed E-state index contributed by atoms with van der Waals surface area (Å²) in [6, 6.07) is 13.5. The van der Waals surface area contributed by atoms with Crippen LogP contribution in [0.15, 0.2) is 76.5 Å². The average Bonchev–Trinajstić information content (AvgIpc) is 2.89. The Morgan fingerprint density at radius 3 is 2.07 bits per heavy atom. The summed E-state index contributed by atoms with van der Waals surface area (Å²) in [5.74, 6) is -1.97. The van der Waals surface area contributed by atoms with E-state index in [1.54, 1.807) is 19.1 Å². The molecule has 14 nitrogen and oxygen atoms in total. The van der Waals surface area contributed by atoms with Crippen molar-refractivity contribution < 1.29 is 108 Å². The van der Waals surface area contributed by atoms with E-state index >= 15 is 0 Å². The van der Waals surface area contributed by atoms with E-state index in [2.05, 4.69) is 14.8 Å². The van der Waals surface area contributed by atoms with Crippen LogP contribution in [0.2, 0.25) is 0 Å². The van der Waals surface area contributed by atoms with Gasteiger partial charge in [-0.25, -0.2) is 12.6 Å². The van der Waals surface area contributed by atoms with Crippen LogP contribution in [0.4, 0.5) is 17.1 Å². The second kappa shape index (κ2) is 14.8. The fourth-order valence-corrected chi connectivity index (χ4v) is 5.60. The van der Waals surface area contributed by atoms with Crippen LogP contribution in [-0.2, 0) is 31.6 Å². The Morgan fingerprint density at radius 1 is 0.886 bits per heavy atom. The zero-order valence-electron chi connectivity index (χ0n) is 23.2. The molecule has 0 radical (unpaired) electrons. The number of aryl methyl sites for hydroxylation is 1. The number of nitrogen functional groups attached to an aromatic ring is 1. The molecule has 19 heteroatoms. The maximum Gasteiger partial charge on any atom is 1.00 e. The largest absolute Gasteiger partial charge is 1.00 e. The minimum absolute atomic E-state index is 0. The van der Waals surface area contributed by atoms with Crippen molar-refractivity contribution in [2.24, 2.45) is 0 Å². The Labute approximate surface area is 298 Å². The Kier molecular flexibility index (Phi) is 12.7. The number of fused-ring (bicyclic) bond motifs is 1. The minimum Gasteiger partial charge on any atom is -0.744 e. The molecule has 0 fully saturated rings. The Balaban J connectivity index is 0.00000337. The van der Waals surface area contributed by atoms with Gasteiger partial charge in [0.15, 0.2) is 0 Å². The number of hydrogen-bond acceptors (Lipinski definition) is 11. The van der Waals surface area contributed by atoms with E-state index in [1.165, 1.54) is 30.3 Å². The molecule has 0 aromatic heterocycles. The van der Waals surface area contributed by atoms with Crippen LogP contribution in [0, 0.1) is 6.92 Å². The molecule has 1 unspecified atom stereocenters. The smallest absolute Gasteiger partial charge is 0.744 e. The minimum atomic E-state index is -5.48. The number of carbonyl (C=O) groups excluding carboxylic acids is 2. The molecule has 0 spiro atoms. The fourth-order valence-electron chi connectivity index (χ4n) is 3.96. The molecule has 4 aromatic rings. The van der Waals surface area contributed by atoms with Crippen LogP contribution < -0.4 is 79.7 Å². The van der Waals surface area contributed by atoms with Gasteiger partial charge in [0.25, 0.3) is 21.9 Å². The Hall–Kier alpha value is -2.39. The van der Waals surface area contributed by atoms with Gasteiger partial charge in [0.2, 0.25) is 0 Å². The first-order valence-corrected chi connectivity index (χ1v) is 15.3. The fraction of sp³-hybridized carbons (Fsp3) is 0.0400. The van der Waals surface area contributed by atoms with Gasteiger partial charge in [-0.3, -0.25) is 14.1 Å². The summed E-state index contributed by atoms with van der Waals surface area (Å²) in [6.07, 6.45) is 0. The number of hydrogen-bond donors (Lipinski definition) is 4. The van der Waals surface area contributed by atoms with E-state index < -0.39 is 69.7 Å². The maximum atomic E-state index is 13.2. The number of nitrogens with one attached hydrogen (secondary N) is 2. The van der Waals surface area contributed by atoms with Crippen LogP contribution in [0.25, 0.3) is 10.8 Å². The molecule has 0 aliphatic carbocycles. The summed E-state index contributed by atoms with van der Waals surface area (Å²) in [5, 5.41) is 3.94. The van der Waals surface area contributed by atoms with Gasteiger partial charge in [0.05, 0.1) is 15.5 Å². The summed E-state index contributed by atoms with van der Waals surface area (Å²) in [4.78, 5) is 23.7. The van der Waals surface area contributed by atoms with Crippen molar-refractivity contribution >= 4 is 71.2 Å². The number of carbonyl (C=O) groups is 2. The Bertz CT molecular complexity index is 2020. The summed E-state index contributed by atoms with van der Waals surface area (Å²) in [5.41, 5.74) is 6.80. The van der Waals surface area contributed by atoms with E-state index in [-0.39, 0.29) is 81.6 Å². The molecule has 0 saturated carbocycles. The molecule has 4 aromatic carbocycles. The van der Waals surface area contributed by atoms with Gasteiger partial charge in [-0.15, -0.1) is 0 Å². The van der Waals surface area contributed by atoms with Crippen molar-refractivity contribution in [3.63, 3.8) is 0 Å². The molecule has 0 saturated heterocycles. The van der Waals surface area contributed by atoms with Crippen molar-refractivity contribution in [1.29, 1.82) is 0 Å². The standard InChI is InChI=1S/C25H21N3O11S3.2Na/c1-13-5-6-15(10-20(13)28-24(29)14-3-2-4-16(26)9-14)25(30)27-19-7-8-21(39-40(31)32)18-11-17(41(33,34)35)12-22(23(18)19)42(36,37)38;;/h2-12H,26H2,1H3,(H,27,30)(H,28,29)(H,31,32)(H,33,34,35)(H,36,37,38);;/q;2*+1/p-2. The van der Waals surface area contributed by atoms with Gasteiger partial charge >= 0.3 is 59.1 Å². The number of amides is 2. The summed E-state index contributed by atoms with van der Waals surface area (Å²) >= 11 is -3.22. The zero-order chi connectivity index (χ0) is 31.0. The third kappa shape index (κ3) is 8.87. The van der Waals surface area contributed by atoms with E-state index in [4.69, 9.17) is 5.73 Å². The molecule has 44 heavy (non-hydrogen) atoms. The third-order valence-corrected chi connectivity index (χ3v) is 7.89. The van der Waals surface area contributed by atoms with Crippen molar-refractivity contribution in [2.75, 3.05) is 16.4 Å². The zero-order valence-corrected chi connectivity index (χ0v) is 29.6. The van der Waals surface area contributed by atoms with Gasteiger partial charge in [-0.05, 0) is 67.1 Å². The summed E-state index contributed by atoms with van der Waals surface area (Å²) in [6.45, 7) is 1.67. The quantitative estimate of drug-likeness (QED) is 0.0615. The molecule has 0 aliphatic heterocycles. The molecule has 2 amide bonds. The molecule has 1 atom stereocenters. The first-order valence-electron chi connectivity index (χ1n) is 11.4. The average molecular weight is 680 g/mol. The molecular weight excluding hydrogens is 660 g/mol. The van der Waals surface area contributed by atoms with Gasteiger partial charge < -0.3 is 29.7 Å². The third-order valence-electron chi connectivity index (χ3n) is 5.88. The number of nitrogens with two attached hydrogens (primary N) is 1. The van der Waals surface area contributed by atoms with Crippen LogP contribution in [0.3, 0.4) is 0 Å². The topological polar surface area (TPSA) is 245 Å². The van der Waals surface area contributed by atoms with E-state index in [0.717, 1.165) is 12.1 Å².